The molecule has 2 aromatic heterocycles. The first-order chi connectivity index (χ1) is 11.1. The molecule has 0 aliphatic rings. The zero-order chi connectivity index (χ0) is 16.2. The highest BCUT2D eigenvalue weighted by Gasteiger charge is 2.12. The van der Waals surface area contributed by atoms with Crippen LogP contribution in [0.5, 0.6) is 0 Å². The third-order valence-electron chi connectivity index (χ3n) is 3.14. The average molecular weight is 332 g/mol. The Hall–Kier alpha value is -2.61. The van der Waals surface area contributed by atoms with E-state index in [1.807, 2.05) is 0 Å². The van der Waals surface area contributed by atoms with Crippen molar-refractivity contribution in [3.63, 3.8) is 0 Å². The fourth-order valence-electron chi connectivity index (χ4n) is 1.89. The molecule has 3 aromatic rings. The molecule has 0 saturated heterocycles. The second kappa shape index (κ2) is 6.66. The fraction of sp³-hybridized carbons (Fsp3) is 0.200. The van der Waals surface area contributed by atoms with E-state index < -0.39 is 0 Å². The van der Waals surface area contributed by atoms with Crippen LogP contribution >= 0.6 is 11.3 Å². The van der Waals surface area contributed by atoms with E-state index in [-0.39, 0.29) is 18.1 Å². The molecule has 0 aliphatic heterocycles. The van der Waals surface area contributed by atoms with Crippen molar-refractivity contribution < 1.29 is 13.7 Å². The summed E-state index contributed by atoms with van der Waals surface area (Å²) in [5.74, 6) is 0.132. The second-order valence-electron chi connectivity index (χ2n) is 4.86. The molecule has 0 spiro atoms. The van der Waals surface area contributed by atoms with Gasteiger partial charge in [0, 0.05) is 30.0 Å². The van der Waals surface area contributed by atoms with Gasteiger partial charge in [-0.1, -0.05) is 17.3 Å². The van der Waals surface area contributed by atoms with Crippen LogP contribution in [-0.4, -0.2) is 21.0 Å². The Morgan fingerprint density at radius 3 is 3.04 bits per heavy atom. The molecule has 0 bridgehead atoms. The van der Waals surface area contributed by atoms with Crippen LogP contribution in [0.15, 0.2) is 34.3 Å². The molecule has 0 unspecified atom stereocenters. The molecule has 0 radical (unpaired) electrons. The second-order valence-corrected chi connectivity index (χ2v) is 5.76. The van der Waals surface area contributed by atoms with Gasteiger partial charge in [0.1, 0.15) is 5.82 Å². The Morgan fingerprint density at radius 1 is 1.43 bits per heavy atom. The van der Waals surface area contributed by atoms with Gasteiger partial charge in [0.15, 0.2) is 5.13 Å². The lowest BCUT2D eigenvalue weighted by atomic mass is 10.1. The van der Waals surface area contributed by atoms with Crippen molar-refractivity contribution in [2.24, 2.45) is 0 Å². The van der Waals surface area contributed by atoms with Gasteiger partial charge in [-0.25, -0.2) is 9.37 Å². The van der Waals surface area contributed by atoms with Crippen LogP contribution in [0.2, 0.25) is 0 Å². The molecule has 1 amide bonds. The molecule has 0 fully saturated rings. The average Bonchev–Trinajstić information content (AvgIpc) is 3.19. The molecule has 0 aliphatic carbocycles. The summed E-state index contributed by atoms with van der Waals surface area (Å²) in [6.07, 6.45) is 2.12. The third kappa shape index (κ3) is 3.78. The Bertz CT molecular complexity index is 817. The van der Waals surface area contributed by atoms with E-state index in [0.29, 0.717) is 34.4 Å². The maximum Gasteiger partial charge on any atom is 0.227 e. The molecular weight excluding hydrogens is 319 g/mol. The highest BCUT2D eigenvalue weighted by Crippen LogP contribution is 2.19. The summed E-state index contributed by atoms with van der Waals surface area (Å²) in [5.41, 5.74) is 1.09. The molecule has 1 aromatic carbocycles. The van der Waals surface area contributed by atoms with Crippen molar-refractivity contribution >= 4 is 22.4 Å². The molecule has 2 heterocycles. The minimum absolute atomic E-state index is 0.180. The number of carbonyl (C=O) groups excluding carboxylic acids is 1. The third-order valence-corrected chi connectivity index (χ3v) is 3.83. The van der Waals surface area contributed by atoms with Gasteiger partial charge in [-0.05, 0) is 18.6 Å². The van der Waals surface area contributed by atoms with Crippen LogP contribution in [0.25, 0.3) is 11.4 Å². The lowest BCUT2D eigenvalue weighted by Gasteiger charge is -1.99. The minimum Gasteiger partial charge on any atom is -0.339 e. The van der Waals surface area contributed by atoms with Crippen molar-refractivity contribution in [3.05, 3.63) is 47.0 Å². The van der Waals surface area contributed by atoms with Crippen LogP contribution in [0.3, 0.4) is 0 Å². The monoisotopic (exact) mass is 332 g/mol. The van der Waals surface area contributed by atoms with Crippen molar-refractivity contribution in [1.29, 1.82) is 0 Å². The summed E-state index contributed by atoms with van der Waals surface area (Å²) in [4.78, 5) is 19.9. The zero-order valence-corrected chi connectivity index (χ0v) is 13.1. The van der Waals surface area contributed by atoms with Gasteiger partial charge in [0.25, 0.3) is 0 Å². The molecule has 3 rings (SSSR count). The highest BCUT2D eigenvalue weighted by molar-refractivity contribution is 7.13. The minimum atomic E-state index is -0.323. The summed E-state index contributed by atoms with van der Waals surface area (Å²) in [6, 6.07) is 4.74. The number of rotatable bonds is 5. The first-order valence-electron chi connectivity index (χ1n) is 6.90. The first kappa shape index (κ1) is 15.3. The molecular formula is C15H13FN4O2S. The molecule has 0 atom stereocenters. The Morgan fingerprint density at radius 2 is 2.30 bits per heavy atom. The summed E-state index contributed by atoms with van der Waals surface area (Å²) in [6.45, 7) is 1.68. The lowest BCUT2D eigenvalue weighted by Crippen LogP contribution is -2.12. The number of hydrogen-bond acceptors (Lipinski definition) is 6. The number of benzene rings is 1. The standard InChI is InChI=1S/C15H13FN4O2S/c1-9-2-3-10(8-11(9)16)14-19-13(22-20-14)5-4-12(21)18-15-17-6-7-23-15/h2-3,6-8H,4-5H2,1H3,(H,17,18,21). The number of halogens is 1. The van der Waals surface area contributed by atoms with Crippen LogP contribution in [0.4, 0.5) is 9.52 Å². The van der Waals surface area contributed by atoms with Crippen LogP contribution in [0.1, 0.15) is 17.9 Å². The molecule has 118 valence electrons. The van der Waals surface area contributed by atoms with Gasteiger partial charge in [0.05, 0.1) is 0 Å². The van der Waals surface area contributed by atoms with E-state index in [0.717, 1.165) is 0 Å². The number of aryl methyl sites for hydroxylation is 2. The van der Waals surface area contributed by atoms with E-state index in [4.69, 9.17) is 4.52 Å². The van der Waals surface area contributed by atoms with Gasteiger partial charge >= 0.3 is 0 Å². The molecule has 6 nitrogen and oxygen atoms in total. The number of nitrogens with one attached hydrogen (secondary N) is 1. The van der Waals surface area contributed by atoms with Gasteiger partial charge in [-0.15, -0.1) is 11.3 Å². The first-order valence-corrected chi connectivity index (χ1v) is 7.78. The smallest absolute Gasteiger partial charge is 0.227 e. The van der Waals surface area contributed by atoms with E-state index >= 15 is 0 Å². The number of aromatic nitrogens is 3. The van der Waals surface area contributed by atoms with Gasteiger partial charge in [0.2, 0.25) is 17.6 Å². The van der Waals surface area contributed by atoms with Crippen molar-refractivity contribution in [2.75, 3.05) is 5.32 Å². The summed E-state index contributed by atoms with van der Waals surface area (Å²) in [5, 5.41) is 8.82. The van der Waals surface area contributed by atoms with E-state index in [9.17, 15) is 9.18 Å². The number of anilines is 1. The van der Waals surface area contributed by atoms with Crippen LogP contribution < -0.4 is 5.32 Å². The highest BCUT2D eigenvalue weighted by atomic mass is 32.1. The topological polar surface area (TPSA) is 80.9 Å². The molecule has 23 heavy (non-hydrogen) atoms. The van der Waals surface area contributed by atoms with Crippen LogP contribution in [0, 0.1) is 12.7 Å². The summed E-state index contributed by atoms with van der Waals surface area (Å²) >= 11 is 1.35. The normalized spacial score (nSPS) is 10.7. The van der Waals surface area contributed by atoms with Crippen LogP contribution in [-0.2, 0) is 11.2 Å². The fourth-order valence-corrected chi connectivity index (χ4v) is 2.44. The largest absolute Gasteiger partial charge is 0.339 e. The van der Waals surface area contributed by atoms with Crippen molar-refractivity contribution in [3.8, 4) is 11.4 Å². The quantitative estimate of drug-likeness (QED) is 0.776. The maximum absolute atomic E-state index is 13.6. The molecule has 8 heteroatoms. The molecule has 1 N–H and O–H groups in total. The maximum atomic E-state index is 13.6. The number of hydrogen-bond donors (Lipinski definition) is 1. The lowest BCUT2D eigenvalue weighted by molar-refractivity contribution is -0.116. The molecule has 0 saturated carbocycles. The zero-order valence-electron chi connectivity index (χ0n) is 12.2. The van der Waals surface area contributed by atoms with Gasteiger partial charge < -0.3 is 9.84 Å². The van der Waals surface area contributed by atoms with Gasteiger partial charge in [-0.3, -0.25) is 4.79 Å². The number of nitrogens with zero attached hydrogens (tertiary/aromatic N) is 3. The predicted molar refractivity (Wildman–Crippen MR) is 83.5 cm³/mol. The Balaban J connectivity index is 1.61. The number of thiazole rings is 1. The van der Waals surface area contributed by atoms with Crippen molar-refractivity contribution in [1.82, 2.24) is 15.1 Å². The van der Waals surface area contributed by atoms with E-state index in [1.54, 1.807) is 30.6 Å². The number of carbonyl (C=O) groups is 1. The van der Waals surface area contributed by atoms with E-state index in [2.05, 4.69) is 20.4 Å². The summed E-state index contributed by atoms with van der Waals surface area (Å²) < 4.78 is 18.7. The van der Waals surface area contributed by atoms with E-state index in [1.165, 1.54) is 17.4 Å². The summed E-state index contributed by atoms with van der Waals surface area (Å²) in [7, 11) is 0. The van der Waals surface area contributed by atoms with Crippen molar-refractivity contribution in [2.45, 2.75) is 19.8 Å². The van der Waals surface area contributed by atoms with Gasteiger partial charge in [-0.2, -0.15) is 4.98 Å². The Kier molecular flexibility index (Phi) is 4.42. The Labute approximate surface area is 135 Å². The predicted octanol–water partition coefficient (Wildman–Crippen LogP) is 3.21. The number of amides is 1. The SMILES string of the molecule is Cc1ccc(-c2noc(CCC(=O)Nc3nccs3)n2)cc1F.